The van der Waals surface area contributed by atoms with Gasteiger partial charge in [0.15, 0.2) is 0 Å². The van der Waals surface area contributed by atoms with Gasteiger partial charge in [-0.15, -0.1) is 10.2 Å². The van der Waals surface area contributed by atoms with Gasteiger partial charge in [0.25, 0.3) is 10.9 Å². The number of hydrogen-bond donors (Lipinski definition) is 2. The smallest absolute Gasteiger partial charge is 0.350 e. The average Bonchev–Trinajstić information content (AvgIpc) is 3.20. The van der Waals surface area contributed by atoms with Crippen LogP contribution in [0.15, 0.2) is 52.3 Å². The van der Waals surface area contributed by atoms with Crippen molar-refractivity contribution in [1.82, 2.24) is 15.2 Å². The Morgan fingerprint density at radius 3 is 2.23 bits per heavy atom. The topological polar surface area (TPSA) is 96.9 Å². The number of halogens is 4. The minimum atomic E-state index is -4.91. The number of benzene rings is 1. The molecular formula is C18H9F4N5O2S. The number of anilines is 4. The number of nitrogens with zero attached hydrogens (tertiary/aromatic N) is 3. The second-order valence-corrected chi connectivity index (χ2v) is 6.98. The Morgan fingerprint density at radius 1 is 0.900 bits per heavy atom. The monoisotopic (exact) mass is 435 g/mol. The average molecular weight is 435 g/mol. The van der Waals surface area contributed by atoms with Gasteiger partial charge in [-0.3, -0.25) is 14.6 Å². The fourth-order valence-corrected chi connectivity index (χ4v) is 3.34. The Kier molecular flexibility index (Phi) is 4.78. The van der Waals surface area contributed by atoms with Crippen LogP contribution >= 0.6 is 11.3 Å². The summed E-state index contributed by atoms with van der Waals surface area (Å²) in [4.78, 5) is 27.7. The molecule has 12 heteroatoms. The molecule has 0 aliphatic carbocycles. The van der Waals surface area contributed by atoms with Gasteiger partial charge in [-0.1, -0.05) is 11.3 Å². The number of pyridine rings is 1. The summed E-state index contributed by atoms with van der Waals surface area (Å²) < 4.78 is 52.1. The van der Waals surface area contributed by atoms with E-state index in [0.29, 0.717) is 17.1 Å². The molecule has 7 nitrogen and oxygen atoms in total. The predicted octanol–water partition coefficient (Wildman–Crippen LogP) is 3.84. The summed E-state index contributed by atoms with van der Waals surface area (Å²) in [5.41, 5.74) is -3.16. The van der Waals surface area contributed by atoms with Crippen LogP contribution in [0.4, 0.5) is 39.8 Å². The Morgan fingerprint density at radius 2 is 1.57 bits per heavy atom. The molecule has 0 unspecified atom stereocenters. The molecule has 0 fully saturated rings. The van der Waals surface area contributed by atoms with Crippen molar-refractivity contribution in [2.45, 2.75) is 6.18 Å². The first-order valence-electron chi connectivity index (χ1n) is 8.22. The number of nitrogens with one attached hydrogen (secondary N) is 2. The van der Waals surface area contributed by atoms with Crippen LogP contribution in [0.2, 0.25) is 0 Å². The highest BCUT2D eigenvalue weighted by atomic mass is 32.1. The first kappa shape index (κ1) is 19.6. The van der Waals surface area contributed by atoms with Crippen molar-refractivity contribution >= 4 is 33.5 Å². The van der Waals surface area contributed by atoms with E-state index in [9.17, 15) is 27.2 Å². The van der Waals surface area contributed by atoms with Crippen LogP contribution in [-0.2, 0) is 6.18 Å². The third-order valence-corrected chi connectivity index (χ3v) is 4.92. The molecule has 0 saturated carbocycles. The maximum Gasteiger partial charge on any atom is 0.419 e. The van der Waals surface area contributed by atoms with Crippen LogP contribution in [0.3, 0.4) is 0 Å². The molecule has 0 amide bonds. The zero-order chi connectivity index (χ0) is 21.5. The third kappa shape index (κ3) is 3.64. The highest BCUT2D eigenvalue weighted by molar-refractivity contribution is 7.18. The molecule has 0 spiro atoms. The standard InChI is InChI=1S/C18H9F4N5O2S/c19-11-2-1-9(7-10(11)18(20,21)22)24-12-13(15(29)14(12)28)25-17-27-26-16(30-17)8-3-5-23-6-4-8/h1-7,24H,(H,25,27). The maximum absolute atomic E-state index is 13.4. The van der Waals surface area contributed by atoms with Crippen molar-refractivity contribution in [3.05, 3.63) is 74.6 Å². The van der Waals surface area contributed by atoms with E-state index in [1.807, 2.05) is 0 Å². The SMILES string of the molecule is O=c1c(Nc2ccc(F)c(C(F)(F)F)c2)c(Nc2nnc(-c3ccncc3)s2)c1=O. The molecule has 2 N–H and O–H groups in total. The van der Waals surface area contributed by atoms with Gasteiger partial charge in [-0.2, -0.15) is 13.2 Å². The molecule has 0 bridgehead atoms. The van der Waals surface area contributed by atoms with Gasteiger partial charge >= 0.3 is 6.18 Å². The lowest BCUT2D eigenvalue weighted by Crippen LogP contribution is -2.35. The van der Waals surface area contributed by atoms with E-state index < -0.39 is 28.4 Å². The molecule has 4 rings (SSSR count). The van der Waals surface area contributed by atoms with Crippen LogP contribution in [0.5, 0.6) is 0 Å². The largest absolute Gasteiger partial charge is 0.419 e. The van der Waals surface area contributed by atoms with Crippen LogP contribution in [0, 0.1) is 5.82 Å². The molecule has 4 aromatic rings. The van der Waals surface area contributed by atoms with Gasteiger partial charge in [0.05, 0.1) is 5.56 Å². The van der Waals surface area contributed by atoms with Gasteiger partial charge in [-0.05, 0) is 30.3 Å². The van der Waals surface area contributed by atoms with Crippen LogP contribution in [0.1, 0.15) is 5.56 Å². The first-order valence-corrected chi connectivity index (χ1v) is 9.03. The molecule has 152 valence electrons. The maximum atomic E-state index is 13.4. The van der Waals surface area contributed by atoms with Crippen LogP contribution < -0.4 is 21.5 Å². The van der Waals surface area contributed by atoms with Crippen molar-refractivity contribution in [2.24, 2.45) is 0 Å². The quantitative estimate of drug-likeness (QED) is 0.363. The van der Waals surface area contributed by atoms with Gasteiger partial charge in [-0.25, -0.2) is 4.39 Å². The molecule has 2 aromatic heterocycles. The molecule has 0 atom stereocenters. The third-order valence-electron chi connectivity index (χ3n) is 4.04. The molecule has 0 saturated heterocycles. The Bertz CT molecular complexity index is 1300. The van der Waals surface area contributed by atoms with Gasteiger partial charge < -0.3 is 10.6 Å². The highest BCUT2D eigenvalue weighted by Gasteiger charge is 2.34. The van der Waals surface area contributed by atoms with Crippen LogP contribution in [-0.4, -0.2) is 15.2 Å². The van der Waals surface area contributed by atoms with Gasteiger partial charge in [0, 0.05) is 23.6 Å². The fourth-order valence-electron chi connectivity index (χ4n) is 2.59. The normalized spacial score (nSPS) is 11.6. The Hall–Kier alpha value is -3.67. The van der Waals surface area contributed by atoms with Crippen molar-refractivity contribution in [3.63, 3.8) is 0 Å². The summed E-state index contributed by atoms with van der Waals surface area (Å²) in [7, 11) is 0. The van der Waals surface area contributed by atoms with Crippen LogP contribution in [0.25, 0.3) is 10.6 Å². The lowest BCUT2D eigenvalue weighted by molar-refractivity contribution is -0.139. The summed E-state index contributed by atoms with van der Waals surface area (Å²) in [6.45, 7) is 0. The summed E-state index contributed by atoms with van der Waals surface area (Å²) in [6.07, 6.45) is -1.77. The number of rotatable bonds is 5. The van der Waals surface area contributed by atoms with E-state index in [4.69, 9.17) is 0 Å². The fraction of sp³-hybridized carbons (Fsp3) is 0.0556. The van der Waals surface area contributed by atoms with E-state index in [2.05, 4.69) is 25.8 Å². The van der Waals surface area contributed by atoms with Crippen molar-refractivity contribution in [1.29, 1.82) is 0 Å². The van der Waals surface area contributed by atoms with E-state index in [-0.39, 0.29) is 22.2 Å². The number of alkyl halides is 3. The summed E-state index contributed by atoms with van der Waals surface area (Å²) >= 11 is 1.10. The van der Waals surface area contributed by atoms with E-state index in [0.717, 1.165) is 23.0 Å². The molecule has 2 aromatic carbocycles. The zero-order valence-electron chi connectivity index (χ0n) is 14.6. The van der Waals surface area contributed by atoms with Crippen molar-refractivity contribution < 1.29 is 17.6 Å². The lowest BCUT2D eigenvalue weighted by atomic mass is 10.1. The summed E-state index contributed by atoms with van der Waals surface area (Å²) in [6, 6.07) is 5.58. The molecule has 0 aliphatic rings. The number of hydrogen-bond acceptors (Lipinski definition) is 8. The van der Waals surface area contributed by atoms with Crippen molar-refractivity contribution in [2.75, 3.05) is 10.6 Å². The molecule has 30 heavy (non-hydrogen) atoms. The minimum Gasteiger partial charge on any atom is -0.350 e. The van der Waals surface area contributed by atoms with Gasteiger partial charge in [0.2, 0.25) is 5.13 Å². The highest BCUT2D eigenvalue weighted by Crippen LogP contribution is 2.34. The molecule has 2 heterocycles. The molecule has 0 radical (unpaired) electrons. The van der Waals surface area contributed by atoms with Gasteiger partial charge in [0.1, 0.15) is 22.2 Å². The number of aromatic nitrogens is 3. The summed E-state index contributed by atoms with van der Waals surface area (Å²) in [5.74, 6) is -1.45. The molecular weight excluding hydrogens is 426 g/mol. The molecule has 0 aliphatic heterocycles. The van der Waals surface area contributed by atoms with E-state index in [1.54, 1.807) is 24.5 Å². The zero-order valence-corrected chi connectivity index (χ0v) is 15.4. The second kappa shape index (κ2) is 7.30. The van der Waals surface area contributed by atoms with E-state index in [1.165, 1.54) is 0 Å². The summed E-state index contributed by atoms with van der Waals surface area (Å²) in [5, 5.41) is 13.7. The van der Waals surface area contributed by atoms with Crippen molar-refractivity contribution in [3.8, 4) is 10.6 Å². The Balaban J connectivity index is 1.59. The first-order chi connectivity index (χ1) is 14.2. The van der Waals surface area contributed by atoms with E-state index >= 15 is 0 Å². The second-order valence-electron chi connectivity index (χ2n) is 6.00. The predicted molar refractivity (Wildman–Crippen MR) is 102 cm³/mol. The lowest BCUT2D eigenvalue weighted by Gasteiger charge is -2.15. The Labute approximate surface area is 168 Å². The minimum absolute atomic E-state index is 0.171.